The maximum atomic E-state index is 13.4. The first-order valence-electron chi connectivity index (χ1n) is 13.3. The summed E-state index contributed by atoms with van der Waals surface area (Å²) in [4.78, 5) is 39.9. The Morgan fingerprint density at radius 2 is 1.54 bits per heavy atom. The fourth-order valence-electron chi connectivity index (χ4n) is 5.80. The third-order valence-corrected chi connectivity index (χ3v) is 8.21. The van der Waals surface area contributed by atoms with E-state index in [4.69, 9.17) is 16.3 Å². The minimum Gasteiger partial charge on any atom is -0.469 e. The molecule has 2 aromatic carbocycles. The number of hydrogen-bond donors (Lipinski definition) is 1. The first-order chi connectivity index (χ1) is 17.8. The summed E-state index contributed by atoms with van der Waals surface area (Å²) in [5.41, 5.74) is 3.02. The second-order valence-electron chi connectivity index (χ2n) is 10.7. The molecule has 0 bridgehead atoms. The molecule has 7 heteroatoms. The second-order valence-corrected chi connectivity index (χ2v) is 11.2. The van der Waals surface area contributed by atoms with Gasteiger partial charge in [-0.05, 0) is 79.3 Å². The van der Waals surface area contributed by atoms with Crippen molar-refractivity contribution >= 4 is 35.1 Å². The zero-order chi connectivity index (χ0) is 26.5. The van der Waals surface area contributed by atoms with Gasteiger partial charge in [-0.3, -0.25) is 14.4 Å². The highest BCUT2D eigenvalue weighted by Gasteiger charge is 2.35. The predicted octanol–water partition coefficient (Wildman–Crippen LogP) is 6.01. The van der Waals surface area contributed by atoms with Crippen LogP contribution in [0.1, 0.15) is 68.9 Å². The topological polar surface area (TPSA) is 75.7 Å². The van der Waals surface area contributed by atoms with Gasteiger partial charge in [-0.1, -0.05) is 49.7 Å². The Bertz CT molecular complexity index is 1090. The summed E-state index contributed by atoms with van der Waals surface area (Å²) >= 11 is 6.05. The molecule has 0 aromatic heterocycles. The van der Waals surface area contributed by atoms with Gasteiger partial charge in [-0.25, -0.2) is 0 Å². The van der Waals surface area contributed by atoms with Crippen molar-refractivity contribution in [1.29, 1.82) is 0 Å². The average Bonchev–Trinajstić information content (AvgIpc) is 3.40. The Kier molecular flexibility index (Phi) is 8.91. The van der Waals surface area contributed by atoms with Crippen LogP contribution in [0.25, 0.3) is 0 Å². The van der Waals surface area contributed by atoms with Crippen LogP contribution in [-0.2, 0) is 19.1 Å². The molecule has 6 nitrogen and oxygen atoms in total. The van der Waals surface area contributed by atoms with E-state index in [1.807, 2.05) is 41.3 Å². The minimum absolute atomic E-state index is 0.0358. The number of nitrogens with zero attached hydrogens (tertiary/aromatic N) is 1. The van der Waals surface area contributed by atoms with Crippen molar-refractivity contribution in [2.75, 3.05) is 25.5 Å². The van der Waals surface area contributed by atoms with E-state index in [0.717, 1.165) is 37.2 Å². The molecule has 198 valence electrons. The molecule has 0 radical (unpaired) electrons. The summed E-state index contributed by atoms with van der Waals surface area (Å²) in [6.07, 6.45) is 3.78. The maximum absolute atomic E-state index is 13.4. The van der Waals surface area contributed by atoms with Crippen LogP contribution in [0.5, 0.6) is 0 Å². The molecule has 37 heavy (non-hydrogen) atoms. The number of hydrogen-bond acceptors (Lipinski definition) is 4. The van der Waals surface area contributed by atoms with Crippen LogP contribution < -0.4 is 5.32 Å². The van der Waals surface area contributed by atoms with E-state index < -0.39 is 0 Å². The highest BCUT2D eigenvalue weighted by Crippen LogP contribution is 2.34. The highest BCUT2D eigenvalue weighted by atomic mass is 35.5. The standard InChI is InChI=1S/C30H37ClN2O4/c1-19(2)27(22-6-10-25(31)11-7-22)29(35)33-16-14-21(15-17-33)20-8-12-26(13-9-20)32-28(34)23-4-5-24(18-23)30(36)37-3/h6-13,19,21,23-24,27H,4-5,14-18H2,1-3H3,(H,32,34)/t23?,24?,27-/m0/s1. The van der Waals surface area contributed by atoms with E-state index in [2.05, 4.69) is 31.3 Å². The number of carbonyl (C=O) groups is 3. The van der Waals surface area contributed by atoms with Gasteiger partial charge in [0.1, 0.15) is 0 Å². The molecule has 1 saturated carbocycles. The third kappa shape index (κ3) is 6.53. The number of likely N-dealkylation sites (tertiary alicyclic amines) is 1. The number of esters is 1. The smallest absolute Gasteiger partial charge is 0.308 e. The van der Waals surface area contributed by atoms with Gasteiger partial charge >= 0.3 is 5.97 Å². The predicted molar refractivity (Wildman–Crippen MR) is 146 cm³/mol. The van der Waals surface area contributed by atoms with Crippen LogP contribution in [0.4, 0.5) is 5.69 Å². The van der Waals surface area contributed by atoms with Gasteiger partial charge in [0.2, 0.25) is 11.8 Å². The molecular weight excluding hydrogens is 488 g/mol. The zero-order valence-electron chi connectivity index (χ0n) is 21.9. The second kappa shape index (κ2) is 12.1. The Balaban J connectivity index is 1.30. The summed E-state index contributed by atoms with van der Waals surface area (Å²) in [5.74, 6) is 0.0106. The van der Waals surface area contributed by atoms with Gasteiger partial charge in [-0.2, -0.15) is 0 Å². The van der Waals surface area contributed by atoms with Crippen molar-refractivity contribution in [2.24, 2.45) is 17.8 Å². The van der Waals surface area contributed by atoms with Gasteiger partial charge in [0, 0.05) is 29.7 Å². The van der Waals surface area contributed by atoms with Gasteiger partial charge in [0.25, 0.3) is 0 Å². The lowest BCUT2D eigenvalue weighted by molar-refractivity contribution is -0.145. The van der Waals surface area contributed by atoms with Crippen molar-refractivity contribution in [3.8, 4) is 0 Å². The van der Waals surface area contributed by atoms with Crippen LogP contribution in [0.15, 0.2) is 48.5 Å². The lowest BCUT2D eigenvalue weighted by atomic mass is 9.85. The van der Waals surface area contributed by atoms with E-state index in [0.29, 0.717) is 30.2 Å². The lowest BCUT2D eigenvalue weighted by Gasteiger charge is -2.35. The quantitative estimate of drug-likeness (QED) is 0.450. The molecule has 3 atom stereocenters. The highest BCUT2D eigenvalue weighted by molar-refractivity contribution is 6.30. The van der Waals surface area contributed by atoms with E-state index in [9.17, 15) is 14.4 Å². The van der Waals surface area contributed by atoms with Crippen LogP contribution >= 0.6 is 11.6 Å². The fraction of sp³-hybridized carbons (Fsp3) is 0.500. The lowest BCUT2D eigenvalue weighted by Crippen LogP contribution is -2.41. The number of methoxy groups -OCH3 is 1. The fourth-order valence-corrected chi connectivity index (χ4v) is 5.92. The first kappa shape index (κ1) is 27.2. The molecule has 0 spiro atoms. The number of benzene rings is 2. The van der Waals surface area contributed by atoms with E-state index in [1.165, 1.54) is 12.7 Å². The number of anilines is 1. The molecule has 1 aliphatic heterocycles. The number of ether oxygens (including phenoxy) is 1. The molecular formula is C30H37ClN2O4. The van der Waals surface area contributed by atoms with Gasteiger partial charge in [0.05, 0.1) is 18.9 Å². The first-order valence-corrected chi connectivity index (χ1v) is 13.7. The number of carbonyl (C=O) groups excluding carboxylic acids is 3. The van der Waals surface area contributed by atoms with Crippen LogP contribution in [0.2, 0.25) is 5.02 Å². The molecule has 1 saturated heterocycles. The third-order valence-electron chi connectivity index (χ3n) is 7.96. The van der Waals surface area contributed by atoms with E-state index >= 15 is 0 Å². The monoisotopic (exact) mass is 524 g/mol. The molecule has 2 fully saturated rings. The van der Waals surface area contributed by atoms with Crippen LogP contribution in [-0.4, -0.2) is 42.9 Å². The summed E-state index contributed by atoms with van der Waals surface area (Å²) in [5, 5.41) is 3.68. The number of piperidine rings is 1. The summed E-state index contributed by atoms with van der Waals surface area (Å²) in [6.45, 7) is 5.66. The van der Waals surface area contributed by atoms with Gasteiger partial charge in [0.15, 0.2) is 0 Å². The number of rotatable bonds is 7. The summed E-state index contributed by atoms with van der Waals surface area (Å²) in [6, 6.07) is 15.7. The SMILES string of the molecule is COC(=O)C1CCC(C(=O)Nc2ccc(C3CCN(C(=O)[C@H](c4ccc(Cl)cc4)C(C)C)CC3)cc2)C1. The molecule has 1 N–H and O–H groups in total. The van der Waals surface area contributed by atoms with E-state index in [-0.39, 0.29) is 41.5 Å². The average molecular weight is 525 g/mol. The van der Waals surface area contributed by atoms with Crippen molar-refractivity contribution in [2.45, 2.75) is 57.8 Å². The Morgan fingerprint density at radius 3 is 2.14 bits per heavy atom. The largest absolute Gasteiger partial charge is 0.469 e. The molecule has 2 amide bonds. The number of amides is 2. The Morgan fingerprint density at radius 1 is 0.919 bits per heavy atom. The Hall–Kier alpha value is -2.86. The molecule has 2 aromatic rings. The number of nitrogens with one attached hydrogen (secondary N) is 1. The molecule has 1 heterocycles. The van der Waals surface area contributed by atoms with E-state index in [1.54, 1.807) is 0 Å². The minimum atomic E-state index is -0.225. The van der Waals surface area contributed by atoms with Crippen molar-refractivity contribution < 1.29 is 19.1 Å². The molecule has 4 rings (SSSR count). The molecule has 2 unspecified atom stereocenters. The van der Waals surface area contributed by atoms with Gasteiger partial charge in [-0.15, -0.1) is 0 Å². The Labute approximate surface area is 224 Å². The van der Waals surface area contributed by atoms with Crippen LogP contribution in [0.3, 0.4) is 0 Å². The molecule has 2 aliphatic rings. The number of halogens is 1. The summed E-state index contributed by atoms with van der Waals surface area (Å²) in [7, 11) is 1.39. The zero-order valence-corrected chi connectivity index (χ0v) is 22.7. The van der Waals surface area contributed by atoms with Crippen molar-refractivity contribution in [3.63, 3.8) is 0 Å². The van der Waals surface area contributed by atoms with Crippen LogP contribution in [0, 0.1) is 17.8 Å². The van der Waals surface area contributed by atoms with Crippen molar-refractivity contribution in [1.82, 2.24) is 4.90 Å². The van der Waals surface area contributed by atoms with Crippen molar-refractivity contribution in [3.05, 3.63) is 64.7 Å². The van der Waals surface area contributed by atoms with Gasteiger partial charge < -0.3 is 15.0 Å². The maximum Gasteiger partial charge on any atom is 0.308 e. The summed E-state index contributed by atoms with van der Waals surface area (Å²) < 4.78 is 4.82. The normalized spacial score (nSPS) is 21.1. The molecule has 1 aliphatic carbocycles.